The Morgan fingerprint density at radius 3 is 2.07 bits per heavy atom. The zero-order chi connectivity index (χ0) is 20.1. The number of amides is 2. The van der Waals surface area contributed by atoms with Gasteiger partial charge in [0.05, 0.1) is 0 Å². The van der Waals surface area contributed by atoms with Crippen molar-refractivity contribution < 1.29 is 14.3 Å². The first-order valence-corrected chi connectivity index (χ1v) is 9.66. The molecule has 1 fully saturated rings. The first kappa shape index (κ1) is 18.7. The van der Waals surface area contributed by atoms with Crippen molar-refractivity contribution in [2.24, 2.45) is 5.92 Å². The van der Waals surface area contributed by atoms with Gasteiger partial charge in [0, 0.05) is 22.9 Å². The van der Waals surface area contributed by atoms with E-state index in [4.69, 9.17) is 4.74 Å². The van der Waals surface area contributed by atoms with Crippen molar-refractivity contribution >= 4 is 23.2 Å². The highest BCUT2D eigenvalue weighted by Gasteiger charge is 2.29. The summed E-state index contributed by atoms with van der Waals surface area (Å²) in [7, 11) is 0. The Morgan fingerprint density at radius 2 is 1.41 bits per heavy atom. The molecule has 29 heavy (non-hydrogen) atoms. The van der Waals surface area contributed by atoms with E-state index in [-0.39, 0.29) is 17.7 Å². The largest absolute Gasteiger partial charge is 0.489 e. The van der Waals surface area contributed by atoms with Crippen LogP contribution in [0.3, 0.4) is 0 Å². The fourth-order valence-corrected chi connectivity index (χ4v) is 2.87. The molecule has 0 bridgehead atoms. The molecule has 3 aromatic rings. The Bertz CT molecular complexity index is 979. The molecule has 5 nitrogen and oxygen atoms in total. The maximum atomic E-state index is 12.4. The smallest absolute Gasteiger partial charge is 0.255 e. The molecule has 4 rings (SSSR count). The number of hydrogen-bond donors (Lipinski definition) is 2. The summed E-state index contributed by atoms with van der Waals surface area (Å²) in [6, 6.07) is 24.1. The van der Waals surface area contributed by atoms with Crippen LogP contribution in [0.5, 0.6) is 5.75 Å². The van der Waals surface area contributed by atoms with Crippen molar-refractivity contribution in [2.45, 2.75) is 19.4 Å². The number of rotatable bonds is 7. The van der Waals surface area contributed by atoms with Crippen molar-refractivity contribution in [3.8, 4) is 5.75 Å². The van der Waals surface area contributed by atoms with Crippen molar-refractivity contribution in [3.05, 3.63) is 90.0 Å². The number of anilines is 2. The second-order valence-electron chi connectivity index (χ2n) is 7.09. The van der Waals surface area contributed by atoms with Gasteiger partial charge in [-0.15, -0.1) is 0 Å². The van der Waals surface area contributed by atoms with E-state index in [0.717, 1.165) is 24.2 Å². The molecule has 0 aliphatic heterocycles. The van der Waals surface area contributed by atoms with Crippen LogP contribution in [-0.2, 0) is 11.4 Å². The molecule has 0 spiro atoms. The molecule has 1 saturated carbocycles. The second kappa shape index (κ2) is 8.61. The number of benzene rings is 3. The molecule has 0 unspecified atom stereocenters. The molecule has 0 atom stereocenters. The molecule has 146 valence electrons. The van der Waals surface area contributed by atoms with Crippen LogP contribution in [0.4, 0.5) is 11.4 Å². The van der Waals surface area contributed by atoms with Gasteiger partial charge in [-0.25, -0.2) is 0 Å². The van der Waals surface area contributed by atoms with Gasteiger partial charge in [0.25, 0.3) is 5.91 Å². The third kappa shape index (κ3) is 5.23. The molecular weight excluding hydrogens is 364 g/mol. The van der Waals surface area contributed by atoms with Crippen molar-refractivity contribution in [2.75, 3.05) is 10.6 Å². The molecule has 1 aliphatic carbocycles. The molecule has 2 N–H and O–H groups in total. The minimum Gasteiger partial charge on any atom is -0.489 e. The minimum absolute atomic E-state index is 0.0526. The lowest BCUT2D eigenvalue weighted by Crippen LogP contribution is -2.14. The van der Waals surface area contributed by atoms with Crippen LogP contribution >= 0.6 is 0 Å². The predicted molar refractivity (Wildman–Crippen MR) is 113 cm³/mol. The predicted octanol–water partition coefficient (Wildman–Crippen LogP) is 4.87. The lowest BCUT2D eigenvalue weighted by Gasteiger charge is -2.09. The molecular formula is C24H22N2O3. The van der Waals surface area contributed by atoms with Crippen molar-refractivity contribution in [3.63, 3.8) is 0 Å². The van der Waals surface area contributed by atoms with Crippen LogP contribution in [0, 0.1) is 5.92 Å². The monoisotopic (exact) mass is 386 g/mol. The van der Waals surface area contributed by atoms with E-state index < -0.39 is 0 Å². The van der Waals surface area contributed by atoms with Crippen molar-refractivity contribution in [1.82, 2.24) is 0 Å². The van der Waals surface area contributed by atoms with E-state index in [1.54, 1.807) is 24.3 Å². The Morgan fingerprint density at radius 1 is 0.793 bits per heavy atom. The molecule has 1 aliphatic rings. The fraction of sp³-hybridized carbons (Fsp3) is 0.167. The first-order valence-electron chi connectivity index (χ1n) is 9.66. The standard InChI is InChI=1S/C24H22N2O3/c27-23(18-6-7-18)25-20-10-8-19(9-11-20)24(28)26-21-12-14-22(15-13-21)29-16-17-4-2-1-3-5-17/h1-5,8-15,18H,6-7,16H2,(H,25,27)(H,26,28). The van der Waals surface area contributed by atoms with E-state index in [1.807, 2.05) is 54.6 Å². The van der Waals surface area contributed by atoms with Crippen LogP contribution in [0.25, 0.3) is 0 Å². The van der Waals surface area contributed by atoms with Gasteiger partial charge in [-0.05, 0) is 66.9 Å². The van der Waals surface area contributed by atoms with Gasteiger partial charge in [-0.2, -0.15) is 0 Å². The van der Waals surface area contributed by atoms with E-state index in [1.165, 1.54) is 0 Å². The van der Waals surface area contributed by atoms with E-state index >= 15 is 0 Å². The van der Waals surface area contributed by atoms with Crippen LogP contribution in [-0.4, -0.2) is 11.8 Å². The second-order valence-corrected chi connectivity index (χ2v) is 7.09. The molecule has 0 aromatic heterocycles. The van der Waals surface area contributed by atoms with Crippen molar-refractivity contribution in [1.29, 1.82) is 0 Å². The summed E-state index contributed by atoms with van der Waals surface area (Å²) >= 11 is 0. The maximum absolute atomic E-state index is 12.4. The summed E-state index contributed by atoms with van der Waals surface area (Å²) in [5.41, 5.74) is 3.02. The lowest BCUT2D eigenvalue weighted by molar-refractivity contribution is -0.117. The number of nitrogens with one attached hydrogen (secondary N) is 2. The van der Waals surface area contributed by atoms with Gasteiger partial charge in [0.2, 0.25) is 5.91 Å². The van der Waals surface area contributed by atoms with Crippen LogP contribution < -0.4 is 15.4 Å². The molecule has 0 radical (unpaired) electrons. The lowest BCUT2D eigenvalue weighted by atomic mass is 10.2. The Kier molecular flexibility index (Phi) is 5.56. The fourth-order valence-electron chi connectivity index (χ4n) is 2.87. The highest BCUT2D eigenvalue weighted by Crippen LogP contribution is 2.30. The highest BCUT2D eigenvalue weighted by atomic mass is 16.5. The summed E-state index contributed by atoms with van der Waals surface area (Å²) < 4.78 is 5.76. The van der Waals surface area contributed by atoms with Gasteiger partial charge in [-0.1, -0.05) is 30.3 Å². The highest BCUT2D eigenvalue weighted by molar-refractivity contribution is 6.04. The summed E-state index contributed by atoms with van der Waals surface area (Å²) in [4.78, 5) is 24.2. The summed E-state index contributed by atoms with van der Waals surface area (Å²) in [6.07, 6.45) is 1.92. The SMILES string of the molecule is O=C(Nc1ccc(OCc2ccccc2)cc1)c1ccc(NC(=O)C2CC2)cc1. The third-order valence-electron chi connectivity index (χ3n) is 4.72. The van der Waals surface area contributed by atoms with Gasteiger partial charge in [0.15, 0.2) is 0 Å². The topological polar surface area (TPSA) is 67.4 Å². The number of carbonyl (C=O) groups excluding carboxylic acids is 2. The van der Waals surface area contributed by atoms with Gasteiger partial charge < -0.3 is 15.4 Å². The van der Waals surface area contributed by atoms with Crippen LogP contribution in [0.2, 0.25) is 0 Å². The van der Waals surface area contributed by atoms with E-state index in [0.29, 0.717) is 23.5 Å². The van der Waals surface area contributed by atoms with Gasteiger partial charge in [0.1, 0.15) is 12.4 Å². The van der Waals surface area contributed by atoms with Gasteiger partial charge >= 0.3 is 0 Å². The normalized spacial score (nSPS) is 12.8. The number of ether oxygens (including phenoxy) is 1. The Hall–Kier alpha value is -3.60. The number of carbonyl (C=O) groups is 2. The summed E-state index contributed by atoms with van der Waals surface area (Å²) in [5, 5.41) is 5.73. The van der Waals surface area contributed by atoms with E-state index in [9.17, 15) is 9.59 Å². The summed E-state index contributed by atoms with van der Waals surface area (Å²) in [5.74, 6) is 0.736. The Labute approximate surface area is 169 Å². The third-order valence-corrected chi connectivity index (χ3v) is 4.72. The molecule has 3 aromatic carbocycles. The average Bonchev–Trinajstić information content (AvgIpc) is 3.60. The molecule has 5 heteroatoms. The van der Waals surface area contributed by atoms with Gasteiger partial charge in [-0.3, -0.25) is 9.59 Å². The first-order chi connectivity index (χ1) is 14.2. The average molecular weight is 386 g/mol. The minimum atomic E-state index is -0.206. The zero-order valence-electron chi connectivity index (χ0n) is 15.9. The quantitative estimate of drug-likeness (QED) is 0.609. The van der Waals surface area contributed by atoms with Crippen LogP contribution in [0.1, 0.15) is 28.8 Å². The maximum Gasteiger partial charge on any atom is 0.255 e. The molecule has 0 heterocycles. The zero-order valence-corrected chi connectivity index (χ0v) is 15.9. The molecule has 0 saturated heterocycles. The summed E-state index contributed by atoms with van der Waals surface area (Å²) in [6.45, 7) is 0.496. The van der Waals surface area contributed by atoms with E-state index in [2.05, 4.69) is 10.6 Å². The Balaban J connectivity index is 1.30. The van der Waals surface area contributed by atoms with Crippen LogP contribution in [0.15, 0.2) is 78.9 Å². The molecule has 2 amide bonds. The number of hydrogen-bond acceptors (Lipinski definition) is 3.